The van der Waals surface area contributed by atoms with Gasteiger partial charge in [0, 0.05) is 0 Å². The molecule has 0 radical (unpaired) electrons. The van der Waals surface area contributed by atoms with E-state index in [2.05, 4.69) is 6.58 Å². The summed E-state index contributed by atoms with van der Waals surface area (Å²) in [7, 11) is 1.30. The van der Waals surface area contributed by atoms with E-state index < -0.39 is 35.5 Å². The van der Waals surface area contributed by atoms with Crippen molar-refractivity contribution in [2.24, 2.45) is 0 Å². The van der Waals surface area contributed by atoms with E-state index >= 15 is 0 Å². The van der Waals surface area contributed by atoms with Crippen molar-refractivity contribution in [2.75, 3.05) is 7.11 Å². The van der Waals surface area contributed by atoms with Crippen molar-refractivity contribution in [2.45, 2.75) is 64.5 Å². The lowest BCUT2D eigenvalue weighted by atomic mass is 9.96. The van der Waals surface area contributed by atoms with Crippen molar-refractivity contribution >= 4 is 12.1 Å². The molecule has 1 saturated heterocycles. The first kappa shape index (κ1) is 21.0. The number of carbonyl (C=O) groups is 2. The molecule has 1 aromatic rings. The van der Waals surface area contributed by atoms with Crippen molar-refractivity contribution in [3.8, 4) is 0 Å². The highest BCUT2D eigenvalue weighted by Gasteiger charge is 2.52. The number of rotatable bonds is 4. The first-order valence-electron chi connectivity index (χ1n) is 8.97. The molecule has 1 aliphatic rings. The highest BCUT2D eigenvalue weighted by molar-refractivity contribution is 5.89. The number of carbonyl (C=O) groups excluding carboxylic acids is 2. The Kier molecular flexibility index (Phi) is 6.00. The van der Waals surface area contributed by atoms with Crippen molar-refractivity contribution in [1.82, 2.24) is 4.90 Å². The molecule has 1 heterocycles. The van der Waals surface area contributed by atoms with E-state index in [0.29, 0.717) is 6.42 Å². The first-order valence-corrected chi connectivity index (χ1v) is 8.97. The normalized spacial score (nSPS) is 21.6. The average molecular weight is 375 g/mol. The van der Waals surface area contributed by atoms with Crippen LogP contribution in [0.5, 0.6) is 0 Å². The van der Waals surface area contributed by atoms with Gasteiger partial charge in [-0.25, -0.2) is 9.59 Å². The van der Waals surface area contributed by atoms with Crippen LogP contribution in [0.4, 0.5) is 4.79 Å². The molecule has 6 nitrogen and oxygen atoms in total. The standard InChI is InChI=1S/C21H29NO5/c1-14(18(23)25-7)17-16(13-15-11-9-8-10-12-15)22(21(5,6)26-17)19(24)27-20(2,3)4/h8-12,16-17H,1,13H2,2-7H3/t16-,17-/m0/s1. The summed E-state index contributed by atoms with van der Waals surface area (Å²) in [6, 6.07) is 9.27. The molecule has 2 atom stereocenters. The van der Waals surface area contributed by atoms with Crippen LogP contribution in [-0.2, 0) is 25.4 Å². The largest absolute Gasteiger partial charge is 0.466 e. The molecule has 0 spiro atoms. The molecule has 0 saturated carbocycles. The second-order valence-corrected chi connectivity index (χ2v) is 8.11. The van der Waals surface area contributed by atoms with Gasteiger partial charge in [-0.3, -0.25) is 4.90 Å². The second kappa shape index (κ2) is 7.72. The summed E-state index contributed by atoms with van der Waals surface area (Å²) in [5, 5.41) is 0. The van der Waals surface area contributed by atoms with E-state index in [1.807, 2.05) is 51.1 Å². The molecule has 0 unspecified atom stereocenters. The predicted molar refractivity (Wildman–Crippen MR) is 102 cm³/mol. The van der Waals surface area contributed by atoms with Gasteiger partial charge in [0.05, 0.1) is 18.7 Å². The van der Waals surface area contributed by atoms with Crippen LogP contribution in [0.1, 0.15) is 40.2 Å². The summed E-state index contributed by atoms with van der Waals surface area (Å²) in [6.07, 6.45) is -0.696. The molecule has 6 heteroatoms. The van der Waals surface area contributed by atoms with E-state index in [1.165, 1.54) is 7.11 Å². The third kappa shape index (κ3) is 4.89. The number of benzene rings is 1. The SMILES string of the molecule is C=C(C(=O)OC)[C@@H]1OC(C)(C)N(C(=O)OC(C)(C)C)[C@H]1Cc1ccccc1. The monoisotopic (exact) mass is 375 g/mol. The third-order valence-electron chi connectivity index (χ3n) is 4.35. The molecular weight excluding hydrogens is 346 g/mol. The fraction of sp³-hybridized carbons (Fsp3) is 0.524. The van der Waals surface area contributed by atoms with E-state index in [9.17, 15) is 9.59 Å². The molecule has 27 heavy (non-hydrogen) atoms. The quantitative estimate of drug-likeness (QED) is 0.593. The van der Waals surface area contributed by atoms with Crippen LogP contribution in [0.15, 0.2) is 42.5 Å². The average Bonchev–Trinajstić information content (AvgIpc) is 2.83. The third-order valence-corrected chi connectivity index (χ3v) is 4.35. The fourth-order valence-corrected chi connectivity index (χ4v) is 3.25. The Balaban J connectivity index is 2.42. The minimum Gasteiger partial charge on any atom is -0.466 e. The Bertz CT molecular complexity index is 705. The number of methoxy groups -OCH3 is 1. The lowest BCUT2D eigenvalue weighted by molar-refractivity contribution is -0.138. The first-order chi connectivity index (χ1) is 12.5. The molecule has 0 aromatic heterocycles. The summed E-state index contributed by atoms with van der Waals surface area (Å²) in [6.45, 7) is 12.8. The Hall–Kier alpha value is -2.34. The Morgan fingerprint density at radius 3 is 2.33 bits per heavy atom. The van der Waals surface area contributed by atoms with Crippen molar-refractivity contribution in [1.29, 1.82) is 0 Å². The highest BCUT2D eigenvalue weighted by atomic mass is 16.6. The number of ether oxygens (including phenoxy) is 3. The topological polar surface area (TPSA) is 65.1 Å². The summed E-state index contributed by atoms with van der Waals surface area (Å²) < 4.78 is 16.5. The van der Waals surface area contributed by atoms with Gasteiger partial charge in [0.25, 0.3) is 0 Å². The number of hydrogen-bond acceptors (Lipinski definition) is 5. The van der Waals surface area contributed by atoms with Crippen molar-refractivity contribution in [3.05, 3.63) is 48.0 Å². The van der Waals surface area contributed by atoms with Crippen LogP contribution in [0.3, 0.4) is 0 Å². The number of amides is 1. The molecule has 1 aromatic carbocycles. The fourth-order valence-electron chi connectivity index (χ4n) is 3.25. The summed E-state index contributed by atoms with van der Waals surface area (Å²) in [5.74, 6) is -0.556. The van der Waals surface area contributed by atoms with Crippen molar-refractivity contribution in [3.63, 3.8) is 0 Å². The minimum atomic E-state index is -0.969. The molecular formula is C21H29NO5. The van der Waals surface area contributed by atoms with Gasteiger partial charge in [-0.2, -0.15) is 0 Å². The number of hydrogen-bond donors (Lipinski definition) is 0. The molecule has 0 aliphatic carbocycles. The summed E-state index contributed by atoms with van der Waals surface area (Å²) in [4.78, 5) is 26.6. The molecule has 148 valence electrons. The molecule has 0 N–H and O–H groups in total. The Labute approximate surface area is 161 Å². The lowest BCUT2D eigenvalue weighted by Crippen LogP contribution is -2.51. The van der Waals surface area contributed by atoms with Gasteiger partial charge in [0.2, 0.25) is 0 Å². The maximum absolute atomic E-state index is 13.0. The highest BCUT2D eigenvalue weighted by Crippen LogP contribution is 2.38. The molecule has 0 bridgehead atoms. The molecule has 1 fully saturated rings. The van der Waals surface area contributed by atoms with E-state index in [-0.39, 0.29) is 5.57 Å². The molecule has 1 amide bonds. The van der Waals surface area contributed by atoms with Gasteiger partial charge in [-0.05, 0) is 46.6 Å². The van der Waals surface area contributed by atoms with Crippen LogP contribution in [0, 0.1) is 0 Å². The van der Waals surface area contributed by atoms with Crippen molar-refractivity contribution < 1.29 is 23.8 Å². The molecule has 2 rings (SSSR count). The maximum atomic E-state index is 13.0. The number of esters is 1. The van der Waals surface area contributed by atoms with E-state index in [0.717, 1.165) is 5.56 Å². The van der Waals surface area contributed by atoms with Gasteiger partial charge in [-0.1, -0.05) is 36.9 Å². The van der Waals surface area contributed by atoms with E-state index in [4.69, 9.17) is 14.2 Å². The predicted octanol–water partition coefficient (Wildman–Crippen LogP) is 3.70. The van der Waals surface area contributed by atoms with Gasteiger partial charge < -0.3 is 14.2 Å². The second-order valence-electron chi connectivity index (χ2n) is 8.11. The van der Waals surface area contributed by atoms with Gasteiger partial charge in [0.15, 0.2) is 0 Å². The zero-order valence-electron chi connectivity index (χ0n) is 16.9. The zero-order valence-corrected chi connectivity index (χ0v) is 16.9. The maximum Gasteiger partial charge on any atom is 0.412 e. The van der Waals surface area contributed by atoms with Crippen LogP contribution < -0.4 is 0 Å². The summed E-state index contributed by atoms with van der Waals surface area (Å²) >= 11 is 0. The summed E-state index contributed by atoms with van der Waals surface area (Å²) in [5.41, 5.74) is -0.428. The Morgan fingerprint density at radius 2 is 1.81 bits per heavy atom. The zero-order chi connectivity index (χ0) is 20.4. The lowest BCUT2D eigenvalue weighted by Gasteiger charge is -2.35. The van der Waals surface area contributed by atoms with E-state index in [1.54, 1.807) is 18.7 Å². The minimum absolute atomic E-state index is 0.178. The van der Waals surface area contributed by atoms with Crippen LogP contribution >= 0.6 is 0 Å². The number of nitrogens with zero attached hydrogens (tertiary/aromatic N) is 1. The Morgan fingerprint density at radius 1 is 1.22 bits per heavy atom. The van der Waals surface area contributed by atoms with Crippen LogP contribution in [0.2, 0.25) is 0 Å². The molecule has 1 aliphatic heterocycles. The van der Waals surface area contributed by atoms with Gasteiger partial charge in [-0.15, -0.1) is 0 Å². The van der Waals surface area contributed by atoms with Crippen LogP contribution in [0.25, 0.3) is 0 Å². The smallest absolute Gasteiger partial charge is 0.412 e. The van der Waals surface area contributed by atoms with Gasteiger partial charge >= 0.3 is 12.1 Å². The van der Waals surface area contributed by atoms with Crippen LogP contribution in [-0.4, -0.2) is 47.5 Å². The van der Waals surface area contributed by atoms with Gasteiger partial charge in [0.1, 0.15) is 17.4 Å².